The number of nitrogens with zero attached hydrogens (tertiary/aromatic N) is 1. The van der Waals surface area contributed by atoms with Crippen LogP contribution in [-0.4, -0.2) is 15.7 Å². The van der Waals surface area contributed by atoms with Crippen molar-refractivity contribution < 1.29 is 13.2 Å². The van der Waals surface area contributed by atoms with E-state index in [9.17, 15) is 22.8 Å². The second-order valence-electron chi connectivity index (χ2n) is 3.73. The molecule has 0 aromatic carbocycles. The van der Waals surface area contributed by atoms with Gasteiger partial charge in [-0.15, -0.1) is 0 Å². The van der Waals surface area contributed by atoms with Crippen molar-refractivity contribution in [1.82, 2.24) is 9.55 Å². The Balaban J connectivity index is 2.67. The molecule has 16 heavy (non-hydrogen) atoms. The monoisotopic (exact) mass is 235 g/mol. The van der Waals surface area contributed by atoms with Crippen molar-refractivity contribution in [2.24, 2.45) is 0 Å². The molecule has 1 aliphatic carbocycles. The second kappa shape index (κ2) is 2.89. The summed E-state index contributed by atoms with van der Waals surface area (Å²) in [6, 6.07) is 0.771. The minimum Gasteiger partial charge on any atom is -0.385 e. The van der Waals surface area contributed by atoms with Gasteiger partial charge in [0.15, 0.2) is 0 Å². The minimum absolute atomic E-state index is 0.202. The molecule has 8 heteroatoms. The SMILES string of the molecule is Nc1cc(=O)[nH]c(=O)n1C1(C(F)(F)F)CC1. The lowest BCUT2D eigenvalue weighted by Crippen LogP contribution is -2.45. The Morgan fingerprint density at radius 1 is 1.38 bits per heavy atom. The molecule has 0 bridgehead atoms. The molecule has 5 nitrogen and oxygen atoms in total. The molecule has 1 heterocycles. The van der Waals surface area contributed by atoms with Crippen LogP contribution in [0, 0.1) is 0 Å². The standard InChI is InChI=1S/C8H8F3N3O2/c9-8(10,11)7(1-2-7)14-4(12)3-5(15)13-6(14)16/h3H,1-2,12H2,(H,13,15,16). The Bertz CT molecular complexity index is 539. The summed E-state index contributed by atoms with van der Waals surface area (Å²) in [5.41, 5.74) is 1.12. The molecule has 88 valence electrons. The van der Waals surface area contributed by atoms with Crippen LogP contribution in [0.3, 0.4) is 0 Å². The maximum atomic E-state index is 12.7. The average Bonchev–Trinajstić information content (AvgIpc) is 2.81. The highest BCUT2D eigenvalue weighted by atomic mass is 19.4. The van der Waals surface area contributed by atoms with E-state index in [4.69, 9.17) is 5.73 Å². The number of nitrogens with two attached hydrogens (primary N) is 1. The van der Waals surface area contributed by atoms with Gasteiger partial charge in [-0.1, -0.05) is 0 Å². The topological polar surface area (TPSA) is 80.9 Å². The van der Waals surface area contributed by atoms with Crippen molar-refractivity contribution in [2.45, 2.75) is 24.6 Å². The fourth-order valence-corrected chi connectivity index (χ4v) is 1.71. The minimum atomic E-state index is -4.55. The number of halogens is 3. The molecular formula is C8H8F3N3O2. The Labute approximate surface area is 86.7 Å². The molecule has 0 atom stereocenters. The summed E-state index contributed by atoms with van der Waals surface area (Å²) in [7, 11) is 0. The molecule has 1 aliphatic rings. The third-order valence-electron chi connectivity index (χ3n) is 2.65. The second-order valence-corrected chi connectivity index (χ2v) is 3.73. The Kier molecular flexibility index (Phi) is 1.95. The summed E-state index contributed by atoms with van der Waals surface area (Å²) in [6.07, 6.45) is -4.96. The van der Waals surface area contributed by atoms with E-state index in [0.29, 0.717) is 4.57 Å². The maximum absolute atomic E-state index is 12.7. The molecule has 1 fully saturated rings. The zero-order chi connectivity index (χ0) is 12.1. The number of rotatable bonds is 1. The summed E-state index contributed by atoms with van der Waals surface area (Å²) < 4.78 is 38.6. The first-order chi connectivity index (χ1) is 7.28. The van der Waals surface area contributed by atoms with E-state index < -0.39 is 28.8 Å². The van der Waals surface area contributed by atoms with Crippen molar-refractivity contribution in [2.75, 3.05) is 5.73 Å². The van der Waals surface area contributed by atoms with Crippen molar-refractivity contribution in [3.63, 3.8) is 0 Å². The molecule has 1 aromatic rings. The number of nitrogens with one attached hydrogen (secondary N) is 1. The van der Waals surface area contributed by atoms with Gasteiger partial charge < -0.3 is 5.73 Å². The van der Waals surface area contributed by atoms with E-state index in [0.717, 1.165) is 6.07 Å². The summed E-state index contributed by atoms with van der Waals surface area (Å²) in [4.78, 5) is 23.9. The fourth-order valence-electron chi connectivity index (χ4n) is 1.71. The molecule has 3 N–H and O–H groups in total. The van der Waals surface area contributed by atoms with E-state index >= 15 is 0 Å². The van der Waals surface area contributed by atoms with Gasteiger partial charge in [0, 0.05) is 6.07 Å². The van der Waals surface area contributed by atoms with Crippen LogP contribution in [0.4, 0.5) is 19.0 Å². The number of H-pyrrole nitrogens is 1. The summed E-state index contributed by atoms with van der Waals surface area (Å²) in [6.45, 7) is 0. The van der Waals surface area contributed by atoms with Gasteiger partial charge in [0.1, 0.15) is 11.4 Å². The van der Waals surface area contributed by atoms with Crippen LogP contribution in [-0.2, 0) is 5.54 Å². The number of aromatic amines is 1. The highest BCUT2D eigenvalue weighted by molar-refractivity contribution is 5.31. The first kappa shape index (κ1) is 10.8. The number of hydrogen-bond donors (Lipinski definition) is 2. The largest absolute Gasteiger partial charge is 0.412 e. The van der Waals surface area contributed by atoms with Gasteiger partial charge in [0.2, 0.25) is 0 Å². The van der Waals surface area contributed by atoms with E-state index in [-0.39, 0.29) is 12.8 Å². The van der Waals surface area contributed by atoms with Crippen LogP contribution in [0.1, 0.15) is 12.8 Å². The van der Waals surface area contributed by atoms with Gasteiger partial charge in [-0.25, -0.2) is 4.79 Å². The highest BCUT2D eigenvalue weighted by Gasteiger charge is 2.66. The lowest BCUT2D eigenvalue weighted by Gasteiger charge is -2.22. The lowest BCUT2D eigenvalue weighted by atomic mass is 10.2. The van der Waals surface area contributed by atoms with E-state index in [2.05, 4.69) is 0 Å². The van der Waals surface area contributed by atoms with E-state index in [1.807, 2.05) is 0 Å². The average molecular weight is 235 g/mol. The molecule has 0 unspecified atom stereocenters. The molecule has 0 amide bonds. The maximum Gasteiger partial charge on any atom is 0.412 e. The van der Waals surface area contributed by atoms with E-state index in [1.54, 1.807) is 4.98 Å². The molecule has 1 saturated carbocycles. The summed E-state index contributed by atoms with van der Waals surface area (Å²) in [5, 5.41) is 0. The highest BCUT2D eigenvalue weighted by Crippen LogP contribution is 2.55. The van der Waals surface area contributed by atoms with Crippen LogP contribution in [0.2, 0.25) is 0 Å². The first-order valence-corrected chi connectivity index (χ1v) is 4.47. The number of alkyl halides is 3. The molecule has 0 aliphatic heterocycles. The van der Waals surface area contributed by atoms with Gasteiger partial charge in [-0.2, -0.15) is 13.2 Å². The Hall–Kier alpha value is -1.73. The van der Waals surface area contributed by atoms with Gasteiger partial charge in [0.05, 0.1) is 0 Å². The van der Waals surface area contributed by atoms with E-state index in [1.165, 1.54) is 0 Å². The predicted molar refractivity (Wildman–Crippen MR) is 49.0 cm³/mol. The normalized spacial score (nSPS) is 18.4. The molecular weight excluding hydrogens is 227 g/mol. The van der Waals surface area contributed by atoms with Crippen molar-refractivity contribution >= 4 is 5.82 Å². The first-order valence-electron chi connectivity index (χ1n) is 4.47. The summed E-state index contributed by atoms with van der Waals surface area (Å²) >= 11 is 0. The van der Waals surface area contributed by atoms with Gasteiger partial charge in [0.25, 0.3) is 5.56 Å². The predicted octanol–water partition coefficient (Wildman–Crippen LogP) is 0.170. The van der Waals surface area contributed by atoms with Crippen molar-refractivity contribution in [3.8, 4) is 0 Å². The molecule has 0 radical (unpaired) electrons. The lowest BCUT2D eigenvalue weighted by molar-refractivity contribution is -0.180. The third-order valence-corrected chi connectivity index (χ3v) is 2.65. The van der Waals surface area contributed by atoms with Crippen LogP contribution in [0.25, 0.3) is 0 Å². The van der Waals surface area contributed by atoms with Crippen LogP contribution in [0.5, 0.6) is 0 Å². The van der Waals surface area contributed by atoms with Crippen molar-refractivity contribution in [3.05, 3.63) is 26.9 Å². The number of anilines is 1. The van der Waals surface area contributed by atoms with Gasteiger partial charge >= 0.3 is 11.9 Å². The number of hydrogen-bond acceptors (Lipinski definition) is 3. The quantitative estimate of drug-likeness (QED) is 0.728. The van der Waals surface area contributed by atoms with Crippen molar-refractivity contribution in [1.29, 1.82) is 0 Å². The summed E-state index contributed by atoms with van der Waals surface area (Å²) in [5.74, 6) is -0.469. The number of nitrogen functional groups attached to an aromatic ring is 1. The molecule has 2 rings (SSSR count). The Morgan fingerprint density at radius 3 is 2.31 bits per heavy atom. The van der Waals surface area contributed by atoms with Crippen LogP contribution < -0.4 is 17.0 Å². The Morgan fingerprint density at radius 2 is 1.94 bits per heavy atom. The molecule has 1 aromatic heterocycles. The molecule has 0 spiro atoms. The number of aromatic nitrogens is 2. The zero-order valence-corrected chi connectivity index (χ0v) is 7.97. The molecule has 0 saturated heterocycles. The fraction of sp³-hybridized carbons (Fsp3) is 0.500. The third kappa shape index (κ3) is 1.33. The van der Waals surface area contributed by atoms with Gasteiger partial charge in [-0.3, -0.25) is 14.3 Å². The zero-order valence-electron chi connectivity index (χ0n) is 7.97. The van der Waals surface area contributed by atoms with Crippen LogP contribution in [0.15, 0.2) is 15.7 Å². The smallest absolute Gasteiger partial charge is 0.385 e. The van der Waals surface area contributed by atoms with Crippen LogP contribution >= 0.6 is 0 Å². The van der Waals surface area contributed by atoms with Gasteiger partial charge in [-0.05, 0) is 12.8 Å².